The number of carbonyl (C=O) groups is 2. The Kier molecular flexibility index (Phi) is 4.74. The van der Waals surface area contributed by atoms with Gasteiger partial charge in [-0.25, -0.2) is 4.79 Å². The van der Waals surface area contributed by atoms with Gasteiger partial charge < -0.3 is 14.9 Å². The van der Waals surface area contributed by atoms with E-state index in [4.69, 9.17) is 9.78 Å². The van der Waals surface area contributed by atoms with Crippen LogP contribution in [0.15, 0.2) is 65.2 Å². The number of fused-ring (bicyclic) bond motifs is 1. The van der Waals surface area contributed by atoms with E-state index in [1.807, 2.05) is 49.4 Å². The molecule has 0 saturated heterocycles. The van der Waals surface area contributed by atoms with E-state index >= 15 is 0 Å². The van der Waals surface area contributed by atoms with Gasteiger partial charge in [0.15, 0.2) is 11.3 Å². The maximum Gasteiger partial charge on any atom is 0.337 e. The lowest BCUT2D eigenvalue weighted by atomic mass is 9.99. The van der Waals surface area contributed by atoms with Crippen molar-refractivity contribution in [2.24, 2.45) is 0 Å². The van der Waals surface area contributed by atoms with E-state index in [0.717, 1.165) is 16.7 Å². The average molecular weight is 397 g/mol. The Morgan fingerprint density at radius 1 is 1.10 bits per heavy atom. The summed E-state index contributed by atoms with van der Waals surface area (Å²) in [4.78, 5) is 24.4. The van der Waals surface area contributed by atoms with Gasteiger partial charge in [-0.3, -0.25) is 4.79 Å². The van der Waals surface area contributed by atoms with Crippen molar-refractivity contribution in [3.8, 4) is 17.2 Å². The van der Waals surface area contributed by atoms with Gasteiger partial charge >= 0.3 is 5.97 Å². The van der Waals surface area contributed by atoms with Crippen molar-refractivity contribution in [2.45, 2.75) is 6.92 Å². The van der Waals surface area contributed by atoms with Crippen LogP contribution in [0.4, 0.5) is 5.69 Å². The molecule has 0 fully saturated rings. The lowest BCUT2D eigenvalue weighted by molar-refractivity contribution is 0.0698. The van der Waals surface area contributed by atoms with Crippen molar-refractivity contribution in [1.29, 1.82) is 5.26 Å². The third-order valence-corrected chi connectivity index (χ3v) is 4.77. The standard InChI is InChI=1S/C23H15N3O4/c1-13-4-2-3-5-16(13)15-7-9-20-18(11-15)21(26-30-20)22(27)25-19-8-6-14(12-24)10-17(19)23(28)29/h2-11H,1H3,(H,25,27)(H,28,29). The summed E-state index contributed by atoms with van der Waals surface area (Å²) in [7, 11) is 0. The fraction of sp³-hybridized carbons (Fsp3) is 0.0435. The number of benzene rings is 3. The minimum absolute atomic E-state index is 0.0427. The van der Waals surface area contributed by atoms with Crippen molar-refractivity contribution in [1.82, 2.24) is 5.16 Å². The second kappa shape index (κ2) is 7.53. The number of aromatic nitrogens is 1. The normalized spacial score (nSPS) is 10.5. The summed E-state index contributed by atoms with van der Waals surface area (Å²) in [5.74, 6) is -1.86. The molecular formula is C23H15N3O4. The second-order valence-electron chi connectivity index (χ2n) is 6.69. The molecule has 1 heterocycles. The van der Waals surface area contributed by atoms with E-state index in [-0.39, 0.29) is 22.5 Å². The number of nitrogens with one attached hydrogen (secondary N) is 1. The molecule has 3 aromatic carbocycles. The monoisotopic (exact) mass is 397 g/mol. The molecule has 1 aromatic heterocycles. The minimum Gasteiger partial charge on any atom is -0.478 e. The summed E-state index contributed by atoms with van der Waals surface area (Å²) in [5.41, 5.74) is 3.56. The van der Waals surface area contributed by atoms with Crippen LogP contribution in [0.1, 0.15) is 32.0 Å². The van der Waals surface area contributed by atoms with Crippen molar-refractivity contribution < 1.29 is 19.2 Å². The largest absolute Gasteiger partial charge is 0.478 e. The van der Waals surface area contributed by atoms with Crippen LogP contribution in [-0.4, -0.2) is 22.1 Å². The number of rotatable bonds is 4. The Balaban J connectivity index is 1.73. The van der Waals surface area contributed by atoms with Gasteiger partial charge in [0.1, 0.15) is 0 Å². The average Bonchev–Trinajstić information content (AvgIpc) is 3.17. The summed E-state index contributed by atoms with van der Waals surface area (Å²) in [6, 6.07) is 19.2. The molecule has 146 valence electrons. The molecule has 0 saturated carbocycles. The zero-order valence-electron chi connectivity index (χ0n) is 15.8. The molecule has 0 aliphatic rings. The highest BCUT2D eigenvalue weighted by Crippen LogP contribution is 2.29. The van der Waals surface area contributed by atoms with Crippen molar-refractivity contribution in [3.05, 3.63) is 83.0 Å². The van der Waals surface area contributed by atoms with Crippen molar-refractivity contribution >= 4 is 28.5 Å². The molecule has 0 radical (unpaired) electrons. The number of carbonyl (C=O) groups excluding carboxylic acids is 1. The fourth-order valence-corrected chi connectivity index (χ4v) is 3.25. The molecule has 4 aromatic rings. The third-order valence-electron chi connectivity index (χ3n) is 4.77. The van der Waals surface area contributed by atoms with E-state index in [0.29, 0.717) is 11.0 Å². The molecular weight excluding hydrogens is 382 g/mol. The molecule has 4 rings (SSSR count). The summed E-state index contributed by atoms with van der Waals surface area (Å²) < 4.78 is 5.27. The Morgan fingerprint density at radius 3 is 2.63 bits per heavy atom. The van der Waals surface area contributed by atoms with E-state index in [9.17, 15) is 14.7 Å². The van der Waals surface area contributed by atoms with Gasteiger partial charge in [0.2, 0.25) is 0 Å². The number of anilines is 1. The van der Waals surface area contributed by atoms with Crippen LogP contribution in [-0.2, 0) is 0 Å². The van der Waals surface area contributed by atoms with E-state index < -0.39 is 11.9 Å². The Labute approximate surface area is 171 Å². The fourth-order valence-electron chi connectivity index (χ4n) is 3.25. The van der Waals surface area contributed by atoms with Gasteiger partial charge in [-0.15, -0.1) is 0 Å². The minimum atomic E-state index is -1.26. The number of nitrogens with zero attached hydrogens (tertiary/aromatic N) is 2. The highest BCUT2D eigenvalue weighted by molar-refractivity contribution is 6.13. The molecule has 30 heavy (non-hydrogen) atoms. The smallest absolute Gasteiger partial charge is 0.337 e. The molecule has 0 aliphatic carbocycles. The number of carboxylic acids is 1. The van der Waals surface area contributed by atoms with Crippen LogP contribution in [0.2, 0.25) is 0 Å². The van der Waals surface area contributed by atoms with Crippen LogP contribution in [0.3, 0.4) is 0 Å². The first kappa shape index (κ1) is 18.9. The van der Waals surface area contributed by atoms with E-state index in [1.165, 1.54) is 18.2 Å². The molecule has 0 unspecified atom stereocenters. The number of amides is 1. The van der Waals surface area contributed by atoms with E-state index in [2.05, 4.69) is 10.5 Å². The molecule has 0 bridgehead atoms. The van der Waals surface area contributed by atoms with Gasteiger partial charge in [-0.05, 0) is 53.9 Å². The summed E-state index contributed by atoms with van der Waals surface area (Å²) in [6.45, 7) is 2.00. The Bertz CT molecular complexity index is 1350. The van der Waals surface area contributed by atoms with Gasteiger partial charge in [0.05, 0.1) is 28.3 Å². The molecule has 2 N–H and O–H groups in total. The number of nitriles is 1. The highest BCUT2D eigenvalue weighted by atomic mass is 16.5. The Hall–Kier alpha value is -4.44. The highest BCUT2D eigenvalue weighted by Gasteiger charge is 2.20. The van der Waals surface area contributed by atoms with Crippen LogP contribution in [0.5, 0.6) is 0 Å². The molecule has 7 heteroatoms. The summed E-state index contributed by atoms with van der Waals surface area (Å²) >= 11 is 0. The first-order valence-electron chi connectivity index (χ1n) is 9.02. The number of aryl methyl sites for hydroxylation is 1. The van der Waals surface area contributed by atoms with Gasteiger partial charge in [0, 0.05) is 0 Å². The van der Waals surface area contributed by atoms with Crippen LogP contribution in [0, 0.1) is 18.3 Å². The molecule has 0 aliphatic heterocycles. The van der Waals surface area contributed by atoms with Gasteiger partial charge in [-0.1, -0.05) is 35.5 Å². The lowest BCUT2D eigenvalue weighted by Gasteiger charge is -2.08. The quantitative estimate of drug-likeness (QED) is 0.519. The van der Waals surface area contributed by atoms with E-state index in [1.54, 1.807) is 6.07 Å². The number of hydrogen-bond donors (Lipinski definition) is 2. The summed E-state index contributed by atoms with van der Waals surface area (Å²) in [6.07, 6.45) is 0. The lowest BCUT2D eigenvalue weighted by Crippen LogP contribution is -2.15. The third kappa shape index (κ3) is 3.38. The van der Waals surface area contributed by atoms with Crippen LogP contribution >= 0.6 is 0 Å². The van der Waals surface area contributed by atoms with Crippen LogP contribution < -0.4 is 5.32 Å². The molecule has 7 nitrogen and oxygen atoms in total. The van der Waals surface area contributed by atoms with Gasteiger partial charge in [0.25, 0.3) is 5.91 Å². The topological polar surface area (TPSA) is 116 Å². The first-order chi connectivity index (χ1) is 14.5. The molecule has 0 spiro atoms. The maximum absolute atomic E-state index is 12.8. The maximum atomic E-state index is 12.8. The predicted molar refractivity (Wildman–Crippen MR) is 110 cm³/mol. The molecule has 1 amide bonds. The Morgan fingerprint density at radius 2 is 1.90 bits per heavy atom. The van der Waals surface area contributed by atoms with Crippen molar-refractivity contribution in [3.63, 3.8) is 0 Å². The number of hydrogen-bond acceptors (Lipinski definition) is 5. The van der Waals surface area contributed by atoms with Gasteiger partial charge in [-0.2, -0.15) is 5.26 Å². The second-order valence-corrected chi connectivity index (χ2v) is 6.69. The van der Waals surface area contributed by atoms with Crippen molar-refractivity contribution in [2.75, 3.05) is 5.32 Å². The zero-order chi connectivity index (χ0) is 21.3. The SMILES string of the molecule is Cc1ccccc1-c1ccc2onc(C(=O)Nc3ccc(C#N)cc3C(=O)O)c2c1. The predicted octanol–water partition coefficient (Wildman–Crippen LogP) is 4.63. The summed E-state index contributed by atoms with van der Waals surface area (Å²) in [5, 5.41) is 25.3. The number of aromatic carboxylic acids is 1. The first-order valence-corrected chi connectivity index (χ1v) is 9.02. The number of carboxylic acid groups (broad SMARTS) is 1. The molecule has 0 atom stereocenters. The zero-order valence-corrected chi connectivity index (χ0v) is 15.8. The van der Waals surface area contributed by atoms with Crippen LogP contribution in [0.25, 0.3) is 22.1 Å².